The van der Waals surface area contributed by atoms with Crippen molar-refractivity contribution >= 4 is 17.4 Å². The van der Waals surface area contributed by atoms with Crippen LogP contribution in [0.2, 0.25) is 0 Å². The zero-order valence-electron chi connectivity index (χ0n) is 20.4. The second-order valence-electron chi connectivity index (χ2n) is 12.4. The molecule has 1 spiro atoms. The van der Waals surface area contributed by atoms with E-state index in [2.05, 4.69) is 23.9 Å². The summed E-state index contributed by atoms with van der Waals surface area (Å²) in [6.45, 7) is 8.33. The van der Waals surface area contributed by atoms with Crippen LogP contribution in [0.3, 0.4) is 0 Å². The summed E-state index contributed by atoms with van der Waals surface area (Å²) in [6, 6.07) is 3.72. The average Bonchev–Trinajstić information content (AvgIpc) is 2.96. The number of carbonyl (C=O) groups is 2. The molecule has 4 aliphatic rings. The van der Waals surface area contributed by atoms with Crippen molar-refractivity contribution in [2.75, 3.05) is 0 Å². The van der Waals surface area contributed by atoms with Gasteiger partial charge >= 0.3 is 5.97 Å². The van der Waals surface area contributed by atoms with Crippen LogP contribution in [-0.4, -0.2) is 27.9 Å². The van der Waals surface area contributed by atoms with Crippen LogP contribution in [0.5, 0.6) is 0 Å². The van der Waals surface area contributed by atoms with Crippen LogP contribution in [0.1, 0.15) is 96.0 Å². The molecule has 7 atom stereocenters. The second-order valence-corrected chi connectivity index (χ2v) is 12.4. The zero-order valence-corrected chi connectivity index (χ0v) is 20.4. The van der Waals surface area contributed by atoms with E-state index >= 15 is 0 Å². The third-order valence-corrected chi connectivity index (χ3v) is 10.5. The number of hydrogen-bond acceptors (Lipinski definition) is 5. The summed E-state index contributed by atoms with van der Waals surface area (Å²) >= 11 is 0. The van der Waals surface area contributed by atoms with Crippen molar-refractivity contribution in [3.05, 3.63) is 24.0 Å². The number of azo groups is 1. The summed E-state index contributed by atoms with van der Waals surface area (Å²) in [6.07, 6.45) is 11.3. The molecule has 0 saturated heterocycles. The van der Waals surface area contributed by atoms with Crippen LogP contribution in [0, 0.1) is 33.5 Å². The summed E-state index contributed by atoms with van der Waals surface area (Å²) in [5.41, 5.74) is 1.07. The maximum absolute atomic E-state index is 12.3. The lowest BCUT2D eigenvalue weighted by Crippen LogP contribution is -2.58. The number of fused-ring (bicyclic) bond motifs is 3. The number of Topliss-reactive ketones (excluding diaryl/α,β-unsaturated/α-hetero) is 1. The number of carbonyl (C=O) groups excluding carboxylic acids is 1. The molecule has 0 radical (unpaired) electrons. The Hall–Kier alpha value is -2.11. The van der Waals surface area contributed by atoms with E-state index < -0.39 is 11.4 Å². The highest BCUT2D eigenvalue weighted by Crippen LogP contribution is 2.74. The molecule has 5 rings (SSSR count). The van der Waals surface area contributed by atoms with E-state index in [1.807, 2.05) is 13.0 Å². The number of ketones is 1. The number of aliphatic carboxylic acids is 1. The SMILES string of the molecule is CC(=O)c1ccc(N=NC2C[C@]34CCC5[C@@](C)(CCC[C@@]5(C)C(=O)O)C3CC[C@@]2(C)C4)cn1. The predicted octanol–water partition coefficient (Wildman–Crippen LogP) is 6.62. The Morgan fingerprint density at radius 3 is 2.48 bits per heavy atom. The normalized spacial score (nSPS) is 44.3. The molecule has 4 aliphatic carbocycles. The quantitative estimate of drug-likeness (QED) is 0.411. The van der Waals surface area contributed by atoms with Crippen molar-refractivity contribution in [3.8, 4) is 0 Å². The fraction of sp³-hybridized carbons (Fsp3) is 0.741. The van der Waals surface area contributed by atoms with Crippen LogP contribution in [0.25, 0.3) is 0 Å². The molecule has 4 fully saturated rings. The smallest absolute Gasteiger partial charge is 0.309 e. The first kappa shape index (κ1) is 22.7. The second kappa shape index (κ2) is 7.44. The lowest BCUT2D eigenvalue weighted by Gasteiger charge is -2.64. The minimum absolute atomic E-state index is 0.0495. The van der Waals surface area contributed by atoms with Gasteiger partial charge in [0.05, 0.1) is 17.7 Å². The predicted molar refractivity (Wildman–Crippen MR) is 125 cm³/mol. The first-order chi connectivity index (χ1) is 15.5. The Morgan fingerprint density at radius 1 is 1.06 bits per heavy atom. The van der Waals surface area contributed by atoms with Crippen molar-refractivity contribution in [3.63, 3.8) is 0 Å². The maximum atomic E-state index is 12.3. The molecule has 1 aromatic heterocycles. The minimum Gasteiger partial charge on any atom is -0.481 e. The van der Waals surface area contributed by atoms with E-state index in [-0.39, 0.29) is 34.0 Å². The molecule has 4 saturated carbocycles. The first-order valence-corrected chi connectivity index (χ1v) is 12.6. The van der Waals surface area contributed by atoms with Gasteiger partial charge in [0, 0.05) is 6.92 Å². The standard InChI is InChI=1S/C27H37N3O3/c1-17(31)19-7-6-18(15-28-19)29-30-22-14-27-13-9-20-25(3,10-5-11-26(20,4)23(32)33)21(27)8-12-24(22,2)16-27/h6-7,15,20-22H,5,8-14,16H2,1-4H3,(H,32,33)/t20?,21?,22?,24-,25+,26+,27-/m0/s1. The highest BCUT2D eigenvalue weighted by atomic mass is 16.4. The van der Waals surface area contributed by atoms with Crippen LogP contribution in [0.4, 0.5) is 5.69 Å². The lowest BCUT2D eigenvalue weighted by atomic mass is 9.40. The summed E-state index contributed by atoms with van der Waals surface area (Å²) in [5, 5.41) is 19.5. The molecule has 1 aromatic rings. The number of hydrogen-bond donors (Lipinski definition) is 1. The molecule has 0 aliphatic heterocycles. The number of carboxylic acids is 1. The van der Waals surface area contributed by atoms with Crippen LogP contribution < -0.4 is 0 Å². The van der Waals surface area contributed by atoms with Gasteiger partial charge in [0.25, 0.3) is 0 Å². The van der Waals surface area contributed by atoms with Gasteiger partial charge in [0.15, 0.2) is 5.78 Å². The molecule has 2 bridgehead atoms. The average molecular weight is 452 g/mol. The molecule has 6 nitrogen and oxygen atoms in total. The van der Waals surface area contributed by atoms with Gasteiger partial charge in [0.1, 0.15) is 11.4 Å². The van der Waals surface area contributed by atoms with E-state index in [1.54, 1.807) is 12.3 Å². The van der Waals surface area contributed by atoms with Gasteiger partial charge in [-0.05, 0) is 98.5 Å². The Bertz CT molecular complexity index is 1010. The largest absolute Gasteiger partial charge is 0.481 e. The van der Waals surface area contributed by atoms with E-state index in [0.29, 0.717) is 17.3 Å². The number of rotatable bonds is 4. The van der Waals surface area contributed by atoms with Gasteiger partial charge in [-0.1, -0.05) is 20.3 Å². The van der Waals surface area contributed by atoms with Gasteiger partial charge in [0.2, 0.25) is 0 Å². The minimum atomic E-state index is -0.600. The van der Waals surface area contributed by atoms with Gasteiger partial charge < -0.3 is 5.11 Å². The lowest BCUT2D eigenvalue weighted by molar-refractivity contribution is -0.182. The zero-order chi connectivity index (χ0) is 23.6. The molecular formula is C27H37N3O3. The Kier molecular flexibility index (Phi) is 5.11. The molecule has 6 heteroatoms. The van der Waals surface area contributed by atoms with Gasteiger partial charge in [-0.15, -0.1) is 0 Å². The molecule has 1 heterocycles. The summed E-state index contributed by atoms with van der Waals surface area (Å²) < 4.78 is 0. The fourth-order valence-electron chi connectivity index (χ4n) is 8.96. The molecule has 0 aromatic carbocycles. The number of nitrogens with zero attached hydrogens (tertiary/aromatic N) is 3. The van der Waals surface area contributed by atoms with Gasteiger partial charge in [-0.25, -0.2) is 0 Å². The van der Waals surface area contributed by atoms with Crippen LogP contribution in [0.15, 0.2) is 28.6 Å². The first-order valence-electron chi connectivity index (χ1n) is 12.6. The Morgan fingerprint density at radius 2 is 1.82 bits per heavy atom. The van der Waals surface area contributed by atoms with E-state index in [9.17, 15) is 14.7 Å². The van der Waals surface area contributed by atoms with Crippen molar-refractivity contribution in [2.45, 2.75) is 91.5 Å². The van der Waals surface area contributed by atoms with Crippen LogP contribution in [-0.2, 0) is 4.79 Å². The van der Waals surface area contributed by atoms with Gasteiger partial charge in [-0.2, -0.15) is 10.2 Å². The number of carboxylic acid groups (broad SMARTS) is 1. The maximum Gasteiger partial charge on any atom is 0.309 e. The van der Waals surface area contributed by atoms with Crippen molar-refractivity contribution in [1.29, 1.82) is 0 Å². The van der Waals surface area contributed by atoms with Crippen molar-refractivity contribution < 1.29 is 14.7 Å². The fourth-order valence-corrected chi connectivity index (χ4v) is 8.96. The highest BCUT2D eigenvalue weighted by molar-refractivity contribution is 5.92. The molecule has 3 unspecified atom stereocenters. The third kappa shape index (κ3) is 3.30. The monoisotopic (exact) mass is 451 g/mol. The van der Waals surface area contributed by atoms with Gasteiger partial charge in [-0.3, -0.25) is 14.6 Å². The van der Waals surface area contributed by atoms with E-state index in [4.69, 9.17) is 5.11 Å². The third-order valence-electron chi connectivity index (χ3n) is 10.5. The summed E-state index contributed by atoms with van der Waals surface area (Å²) in [7, 11) is 0. The topological polar surface area (TPSA) is 92.0 Å². The summed E-state index contributed by atoms with van der Waals surface area (Å²) in [5.74, 6) is 0.194. The van der Waals surface area contributed by atoms with Crippen molar-refractivity contribution in [1.82, 2.24) is 4.98 Å². The summed E-state index contributed by atoms with van der Waals surface area (Å²) in [4.78, 5) is 28.0. The van der Waals surface area contributed by atoms with E-state index in [1.165, 1.54) is 19.8 Å². The highest BCUT2D eigenvalue weighted by Gasteiger charge is 2.68. The molecule has 33 heavy (non-hydrogen) atoms. The number of pyridine rings is 1. The van der Waals surface area contributed by atoms with E-state index in [0.717, 1.165) is 44.9 Å². The molecule has 178 valence electrons. The Labute approximate surface area is 196 Å². The Balaban J connectivity index is 1.41. The molecule has 1 N–H and O–H groups in total. The number of aromatic nitrogens is 1. The van der Waals surface area contributed by atoms with Crippen LogP contribution >= 0.6 is 0 Å². The van der Waals surface area contributed by atoms with Crippen molar-refractivity contribution in [2.24, 2.45) is 43.7 Å². The molecular weight excluding hydrogens is 414 g/mol. The molecule has 0 amide bonds.